The van der Waals surface area contributed by atoms with Gasteiger partial charge in [-0.05, 0) is 34.5 Å². The molecular formula is C19H19N3O2. The molecule has 0 aliphatic heterocycles. The molecule has 0 spiro atoms. The minimum Gasteiger partial charge on any atom is -0.344 e. The van der Waals surface area contributed by atoms with Gasteiger partial charge < -0.3 is 15.6 Å². The topological polar surface area (TPSA) is 77.1 Å². The van der Waals surface area contributed by atoms with Crippen LogP contribution >= 0.6 is 0 Å². The molecule has 0 saturated heterocycles. The minimum absolute atomic E-state index is 0.110. The Kier molecular flexibility index (Phi) is 4.44. The number of fused-ring (bicyclic) bond motifs is 1. The lowest BCUT2D eigenvalue weighted by Crippen LogP contribution is -2.37. The summed E-state index contributed by atoms with van der Waals surface area (Å²) in [5, 5.41) is 5.06. The Morgan fingerprint density at radius 2 is 1.88 bits per heavy atom. The fraction of sp³-hybridized carbons (Fsp3) is 0.158. The first-order valence-electron chi connectivity index (χ1n) is 7.75. The maximum Gasteiger partial charge on any atom is 0.263 e. The Morgan fingerprint density at radius 3 is 2.62 bits per heavy atom. The zero-order valence-corrected chi connectivity index (χ0v) is 13.4. The number of aryl methyl sites for hydroxylation is 1. The van der Waals surface area contributed by atoms with Crippen LogP contribution in [0.2, 0.25) is 0 Å². The summed E-state index contributed by atoms with van der Waals surface area (Å²) in [5.41, 5.74) is 6.54. The van der Waals surface area contributed by atoms with Crippen molar-refractivity contribution in [3.05, 3.63) is 82.3 Å². The van der Waals surface area contributed by atoms with Gasteiger partial charge in [-0.3, -0.25) is 9.59 Å². The Hall–Kier alpha value is -2.92. The Balaban J connectivity index is 1.89. The van der Waals surface area contributed by atoms with Crippen LogP contribution in [-0.4, -0.2) is 17.0 Å². The van der Waals surface area contributed by atoms with Gasteiger partial charge in [-0.15, -0.1) is 0 Å². The third-order valence-electron chi connectivity index (χ3n) is 4.08. The second-order valence-electron chi connectivity index (χ2n) is 5.71. The summed E-state index contributed by atoms with van der Waals surface area (Å²) in [6.07, 6.45) is 1.61. The number of hydrogen-bond donors (Lipinski definition) is 2. The van der Waals surface area contributed by atoms with E-state index in [9.17, 15) is 9.59 Å². The lowest BCUT2D eigenvalue weighted by molar-refractivity contribution is 0.0936. The summed E-state index contributed by atoms with van der Waals surface area (Å²) in [5.74, 6) is -0.417. The number of carbonyl (C=O) groups excluding carboxylic acids is 1. The zero-order chi connectivity index (χ0) is 17.1. The van der Waals surface area contributed by atoms with Gasteiger partial charge in [0.15, 0.2) is 0 Å². The van der Waals surface area contributed by atoms with Crippen LogP contribution in [0, 0.1) is 0 Å². The van der Waals surface area contributed by atoms with Crippen LogP contribution in [0.1, 0.15) is 22.0 Å². The predicted molar refractivity (Wildman–Crippen MR) is 94.9 cm³/mol. The second kappa shape index (κ2) is 6.68. The van der Waals surface area contributed by atoms with Crippen molar-refractivity contribution in [3.63, 3.8) is 0 Å². The first kappa shape index (κ1) is 16.0. The normalized spacial score (nSPS) is 12.1. The molecule has 5 heteroatoms. The number of benzene rings is 2. The molecule has 5 nitrogen and oxygen atoms in total. The van der Waals surface area contributed by atoms with Gasteiger partial charge in [0.2, 0.25) is 0 Å². The van der Waals surface area contributed by atoms with Gasteiger partial charge in [-0.25, -0.2) is 0 Å². The van der Waals surface area contributed by atoms with E-state index in [0.29, 0.717) is 0 Å². The molecule has 1 heterocycles. The van der Waals surface area contributed by atoms with Gasteiger partial charge in [0.1, 0.15) is 5.56 Å². The molecule has 1 unspecified atom stereocenters. The Bertz CT molecular complexity index is 946. The average Bonchev–Trinajstić information content (AvgIpc) is 2.61. The number of carbonyl (C=O) groups is 1. The number of pyridine rings is 1. The van der Waals surface area contributed by atoms with Crippen LogP contribution in [0.15, 0.2) is 65.6 Å². The van der Waals surface area contributed by atoms with Gasteiger partial charge in [0, 0.05) is 19.8 Å². The molecule has 1 amide bonds. The number of nitrogens with zero attached hydrogens (tertiary/aromatic N) is 1. The molecule has 3 N–H and O–H groups in total. The molecule has 1 atom stereocenters. The summed E-state index contributed by atoms with van der Waals surface area (Å²) in [6.45, 7) is 0.247. The van der Waals surface area contributed by atoms with Gasteiger partial charge >= 0.3 is 0 Å². The third-order valence-corrected chi connectivity index (χ3v) is 4.08. The highest BCUT2D eigenvalue weighted by molar-refractivity contribution is 5.94. The highest BCUT2D eigenvalue weighted by atomic mass is 16.2. The summed E-state index contributed by atoms with van der Waals surface area (Å²) >= 11 is 0. The molecule has 0 radical (unpaired) electrons. The number of hydrogen-bond acceptors (Lipinski definition) is 3. The van der Waals surface area contributed by atoms with E-state index in [0.717, 1.165) is 16.3 Å². The molecule has 2 aromatic carbocycles. The molecule has 3 aromatic rings. The summed E-state index contributed by atoms with van der Waals surface area (Å²) in [7, 11) is 1.61. The third kappa shape index (κ3) is 3.07. The minimum atomic E-state index is -0.417. The maximum atomic E-state index is 12.4. The molecular weight excluding hydrogens is 302 g/mol. The smallest absolute Gasteiger partial charge is 0.263 e. The van der Waals surface area contributed by atoms with E-state index in [4.69, 9.17) is 5.73 Å². The molecule has 24 heavy (non-hydrogen) atoms. The van der Waals surface area contributed by atoms with Crippen molar-refractivity contribution in [1.29, 1.82) is 0 Å². The van der Waals surface area contributed by atoms with E-state index in [1.807, 2.05) is 42.5 Å². The van der Waals surface area contributed by atoms with Crippen LogP contribution in [0.4, 0.5) is 0 Å². The van der Waals surface area contributed by atoms with E-state index < -0.39 is 5.91 Å². The predicted octanol–water partition coefficient (Wildman–Crippen LogP) is 1.97. The largest absolute Gasteiger partial charge is 0.344 e. The lowest BCUT2D eigenvalue weighted by atomic mass is 10.0. The van der Waals surface area contributed by atoms with Crippen molar-refractivity contribution in [3.8, 4) is 0 Å². The molecule has 0 aliphatic carbocycles. The van der Waals surface area contributed by atoms with E-state index in [2.05, 4.69) is 5.32 Å². The molecule has 0 bridgehead atoms. The fourth-order valence-electron chi connectivity index (χ4n) is 2.71. The summed E-state index contributed by atoms with van der Waals surface area (Å²) < 4.78 is 1.38. The van der Waals surface area contributed by atoms with E-state index in [1.54, 1.807) is 19.3 Å². The van der Waals surface area contributed by atoms with Crippen LogP contribution in [0.3, 0.4) is 0 Å². The van der Waals surface area contributed by atoms with Gasteiger partial charge in [0.25, 0.3) is 11.5 Å². The highest BCUT2D eigenvalue weighted by Crippen LogP contribution is 2.20. The number of nitrogens with one attached hydrogen (secondary N) is 1. The van der Waals surface area contributed by atoms with Crippen LogP contribution in [0.25, 0.3) is 10.8 Å². The molecule has 3 rings (SSSR count). The quantitative estimate of drug-likeness (QED) is 0.771. The van der Waals surface area contributed by atoms with E-state index in [-0.39, 0.29) is 23.7 Å². The van der Waals surface area contributed by atoms with Gasteiger partial charge in [-0.1, -0.05) is 36.4 Å². The Morgan fingerprint density at radius 1 is 1.12 bits per heavy atom. The van der Waals surface area contributed by atoms with Crippen molar-refractivity contribution >= 4 is 16.7 Å². The second-order valence-corrected chi connectivity index (χ2v) is 5.71. The van der Waals surface area contributed by atoms with Crippen LogP contribution in [0.5, 0.6) is 0 Å². The fourth-order valence-corrected chi connectivity index (χ4v) is 2.71. The first-order chi connectivity index (χ1) is 11.6. The first-order valence-corrected chi connectivity index (χ1v) is 7.75. The van der Waals surface area contributed by atoms with Crippen molar-refractivity contribution < 1.29 is 4.79 Å². The summed E-state index contributed by atoms with van der Waals surface area (Å²) in [4.78, 5) is 24.5. The summed E-state index contributed by atoms with van der Waals surface area (Å²) in [6, 6.07) is 16.8. The number of rotatable bonds is 4. The van der Waals surface area contributed by atoms with Crippen molar-refractivity contribution in [2.24, 2.45) is 12.8 Å². The number of amides is 1. The van der Waals surface area contributed by atoms with Crippen molar-refractivity contribution in [1.82, 2.24) is 9.88 Å². The van der Waals surface area contributed by atoms with Gasteiger partial charge in [-0.2, -0.15) is 0 Å². The number of nitrogens with two attached hydrogens (primary N) is 1. The van der Waals surface area contributed by atoms with Crippen molar-refractivity contribution in [2.45, 2.75) is 6.04 Å². The molecule has 0 fully saturated rings. The maximum absolute atomic E-state index is 12.4. The number of aromatic nitrogens is 1. The monoisotopic (exact) mass is 321 g/mol. The SMILES string of the molecule is Cn1cccc(C(=O)NC(CN)c2ccc3ccccc3c2)c1=O. The van der Waals surface area contributed by atoms with Gasteiger partial charge in [0.05, 0.1) is 6.04 Å². The standard InChI is InChI=1S/C19H19N3O2/c1-22-10-4-7-16(19(22)24)18(23)21-17(12-20)15-9-8-13-5-2-3-6-14(13)11-15/h2-11,17H,12,20H2,1H3,(H,21,23). The molecule has 0 saturated carbocycles. The molecule has 1 aromatic heterocycles. The van der Waals surface area contributed by atoms with E-state index >= 15 is 0 Å². The zero-order valence-electron chi connectivity index (χ0n) is 13.4. The molecule has 122 valence electrons. The van der Waals surface area contributed by atoms with E-state index in [1.165, 1.54) is 10.6 Å². The molecule has 0 aliphatic rings. The van der Waals surface area contributed by atoms with Crippen LogP contribution in [-0.2, 0) is 7.05 Å². The Labute approximate surface area is 139 Å². The van der Waals surface area contributed by atoms with Crippen molar-refractivity contribution in [2.75, 3.05) is 6.54 Å². The average molecular weight is 321 g/mol. The lowest BCUT2D eigenvalue weighted by Gasteiger charge is -2.18. The highest BCUT2D eigenvalue weighted by Gasteiger charge is 2.17. The van der Waals surface area contributed by atoms with Crippen LogP contribution < -0.4 is 16.6 Å².